The van der Waals surface area contributed by atoms with Crippen LogP contribution in [0.1, 0.15) is 33.1 Å². The van der Waals surface area contributed by atoms with E-state index in [1.165, 1.54) is 4.31 Å². The van der Waals surface area contributed by atoms with Crippen molar-refractivity contribution in [3.05, 3.63) is 0 Å². The van der Waals surface area contributed by atoms with Gasteiger partial charge in [0.2, 0.25) is 0 Å². The zero-order valence-corrected chi connectivity index (χ0v) is 11.8. The molecule has 0 aromatic heterocycles. The van der Waals surface area contributed by atoms with Crippen molar-refractivity contribution in [3.8, 4) is 0 Å². The molecule has 0 spiro atoms. The highest BCUT2D eigenvalue weighted by Crippen LogP contribution is 2.19. The van der Waals surface area contributed by atoms with Crippen LogP contribution in [0.15, 0.2) is 0 Å². The quantitative estimate of drug-likeness (QED) is 0.718. The van der Waals surface area contributed by atoms with Gasteiger partial charge in [0.15, 0.2) is 0 Å². The molecular formula is C11H22N2O4S. The van der Waals surface area contributed by atoms with E-state index in [4.69, 9.17) is 4.74 Å². The minimum atomic E-state index is -3.45. The van der Waals surface area contributed by atoms with Crippen molar-refractivity contribution < 1.29 is 17.9 Å². The van der Waals surface area contributed by atoms with Crippen LogP contribution in [-0.4, -0.2) is 44.9 Å². The van der Waals surface area contributed by atoms with Crippen molar-refractivity contribution >= 4 is 16.2 Å². The SMILES string of the molecule is CCCNS(=O)(=O)N1CCC[C@H](C(=O)OCC)C1. The zero-order valence-electron chi connectivity index (χ0n) is 11.0. The van der Waals surface area contributed by atoms with Crippen molar-refractivity contribution in [2.45, 2.75) is 33.1 Å². The molecule has 6 nitrogen and oxygen atoms in total. The van der Waals surface area contributed by atoms with Crippen molar-refractivity contribution in [1.29, 1.82) is 0 Å². The normalized spacial score (nSPS) is 21.8. The summed E-state index contributed by atoms with van der Waals surface area (Å²) in [5.74, 6) is -0.634. The Hall–Kier alpha value is -0.660. The summed E-state index contributed by atoms with van der Waals surface area (Å²) in [5.41, 5.74) is 0. The summed E-state index contributed by atoms with van der Waals surface area (Å²) in [6, 6.07) is 0. The molecule has 1 aliphatic heterocycles. The summed E-state index contributed by atoms with van der Waals surface area (Å²) in [7, 11) is -3.45. The highest BCUT2D eigenvalue weighted by atomic mass is 32.2. The third-order valence-corrected chi connectivity index (χ3v) is 4.46. The van der Waals surface area contributed by atoms with Crippen LogP contribution >= 0.6 is 0 Å². The van der Waals surface area contributed by atoms with E-state index in [1.807, 2.05) is 6.92 Å². The number of nitrogens with one attached hydrogen (secondary N) is 1. The molecule has 1 N–H and O–H groups in total. The summed E-state index contributed by atoms with van der Waals surface area (Å²) >= 11 is 0. The fourth-order valence-corrected chi connectivity index (χ4v) is 3.33. The molecule has 0 aromatic rings. The Balaban J connectivity index is 2.60. The van der Waals surface area contributed by atoms with Crippen LogP contribution in [-0.2, 0) is 19.7 Å². The first-order valence-electron chi connectivity index (χ1n) is 6.42. The van der Waals surface area contributed by atoms with E-state index in [-0.39, 0.29) is 18.4 Å². The smallest absolute Gasteiger partial charge is 0.310 e. The van der Waals surface area contributed by atoms with Gasteiger partial charge in [0, 0.05) is 19.6 Å². The second-order valence-electron chi connectivity index (χ2n) is 4.35. The van der Waals surface area contributed by atoms with Crippen molar-refractivity contribution in [3.63, 3.8) is 0 Å². The first-order valence-corrected chi connectivity index (χ1v) is 7.86. The Bertz CT molecular complexity index is 369. The lowest BCUT2D eigenvalue weighted by molar-refractivity contribution is -0.149. The van der Waals surface area contributed by atoms with Gasteiger partial charge in [-0.05, 0) is 26.2 Å². The van der Waals surface area contributed by atoms with Crippen molar-refractivity contribution in [2.24, 2.45) is 5.92 Å². The second kappa shape index (κ2) is 7.06. The van der Waals surface area contributed by atoms with Gasteiger partial charge < -0.3 is 4.74 Å². The average molecular weight is 278 g/mol. The molecule has 0 saturated carbocycles. The minimum absolute atomic E-state index is 0.220. The predicted molar refractivity (Wildman–Crippen MR) is 68.1 cm³/mol. The Labute approximate surface area is 109 Å². The lowest BCUT2D eigenvalue weighted by Gasteiger charge is -2.30. The molecule has 0 aliphatic carbocycles. The standard InChI is InChI=1S/C11H22N2O4S/c1-3-7-12-18(15,16)13-8-5-6-10(9-13)11(14)17-4-2/h10,12H,3-9H2,1-2H3/t10-/m0/s1. The molecule has 0 bridgehead atoms. The number of esters is 1. The summed E-state index contributed by atoms with van der Waals surface area (Å²) in [4.78, 5) is 11.6. The first-order chi connectivity index (χ1) is 8.51. The number of hydrogen-bond donors (Lipinski definition) is 1. The molecule has 7 heteroatoms. The number of rotatable bonds is 6. The largest absolute Gasteiger partial charge is 0.466 e. The molecule has 0 amide bonds. The third-order valence-electron chi connectivity index (χ3n) is 2.88. The Morgan fingerprint density at radius 2 is 2.17 bits per heavy atom. The Morgan fingerprint density at radius 1 is 1.44 bits per heavy atom. The summed E-state index contributed by atoms with van der Waals surface area (Å²) in [6.07, 6.45) is 2.13. The summed E-state index contributed by atoms with van der Waals surface area (Å²) in [6.45, 7) is 5.09. The van der Waals surface area contributed by atoms with Gasteiger partial charge in [-0.15, -0.1) is 0 Å². The topological polar surface area (TPSA) is 75.7 Å². The highest BCUT2D eigenvalue weighted by molar-refractivity contribution is 7.87. The summed E-state index contributed by atoms with van der Waals surface area (Å²) in [5, 5.41) is 0. The molecule has 1 heterocycles. The first kappa shape index (κ1) is 15.4. The highest BCUT2D eigenvalue weighted by Gasteiger charge is 2.32. The van der Waals surface area contributed by atoms with Gasteiger partial charge in [0.05, 0.1) is 12.5 Å². The fourth-order valence-electron chi connectivity index (χ4n) is 1.94. The van der Waals surface area contributed by atoms with Gasteiger partial charge in [0.25, 0.3) is 10.2 Å². The fraction of sp³-hybridized carbons (Fsp3) is 0.909. The molecule has 1 aliphatic rings. The zero-order chi connectivity index (χ0) is 13.6. The molecule has 1 atom stereocenters. The molecule has 1 fully saturated rings. The van der Waals surface area contributed by atoms with E-state index in [0.717, 1.165) is 6.42 Å². The number of hydrogen-bond acceptors (Lipinski definition) is 4. The molecule has 18 heavy (non-hydrogen) atoms. The third kappa shape index (κ3) is 4.22. The van der Waals surface area contributed by atoms with Crippen LogP contribution in [0.4, 0.5) is 0 Å². The summed E-state index contributed by atoms with van der Waals surface area (Å²) < 4.78 is 32.7. The number of carbonyl (C=O) groups is 1. The molecule has 0 radical (unpaired) electrons. The molecule has 0 unspecified atom stereocenters. The van der Waals surface area contributed by atoms with E-state index in [2.05, 4.69) is 4.72 Å². The number of ether oxygens (including phenoxy) is 1. The van der Waals surface area contributed by atoms with Gasteiger partial charge in [-0.2, -0.15) is 12.7 Å². The number of nitrogens with zero attached hydrogens (tertiary/aromatic N) is 1. The van der Waals surface area contributed by atoms with Gasteiger partial charge in [0.1, 0.15) is 0 Å². The van der Waals surface area contributed by atoms with Gasteiger partial charge >= 0.3 is 5.97 Å². The molecule has 1 rings (SSSR count). The number of carbonyl (C=O) groups excluding carboxylic acids is 1. The van der Waals surface area contributed by atoms with Crippen molar-refractivity contribution in [1.82, 2.24) is 9.03 Å². The minimum Gasteiger partial charge on any atom is -0.466 e. The lowest BCUT2D eigenvalue weighted by atomic mass is 10.0. The average Bonchev–Trinajstić information content (AvgIpc) is 2.37. The van der Waals surface area contributed by atoms with Crippen LogP contribution in [0.25, 0.3) is 0 Å². The van der Waals surface area contributed by atoms with Gasteiger partial charge in [-0.3, -0.25) is 4.79 Å². The molecule has 1 saturated heterocycles. The van der Waals surface area contributed by atoms with Crippen LogP contribution in [0.5, 0.6) is 0 Å². The van der Waals surface area contributed by atoms with E-state index in [1.54, 1.807) is 6.92 Å². The maximum atomic E-state index is 11.9. The van der Waals surface area contributed by atoms with E-state index in [0.29, 0.717) is 32.5 Å². The van der Waals surface area contributed by atoms with E-state index in [9.17, 15) is 13.2 Å². The van der Waals surface area contributed by atoms with Crippen molar-refractivity contribution in [2.75, 3.05) is 26.2 Å². The van der Waals surface area contributed by atoms with Crippen LogP contribution in [0, 0.1) is 5.92 Å². The van der Waals surface area contributed by atoms with Gasteiger partial charge in [-0.25, -0.2) is 4.72 Å². The Kier molecular flexibility index (Phi) is 6.04. The van der Waals surface area contributed by atoms with Crippen LogP contribution in [0.2, 0.25) is 0 Å². The lowest BCUT2D eigenvalue weighted by Crippen LogP contribution is -2.47. The second-order valence-corrected chi connectivity index (χ2v) is 6.10. The molecule has 0 aromatic carbocycles. The Morgan fingerprint density at radius 3 is 2.78 bits per heavy atom. The van der Waals surface area contributed by atoms with Crippen LogP contribution in [0.3, 0.4) is 0 Å². The number of piperidine rings is 1. The van der Waals surface area contributed by atoms with E-state index < -0.39 is 10.2 Å². The van der Waals surface area contributed by atoms with Gasteiger partial charge in [-0.1, -0.05) is 6.92 Å². The predicted octanol–water partition coefficient (Wildman–Crippen LogP) is 0.506. The monoisotopic (exact) mass is 278 g/mol. The molecule has 106 valence electrons. The maximum absolute atomic E-state index is 11.9. The van der Waals surface area contributed by atoms with E-state index >= 15 is 0 Å². The van der Waals surface area contributed by atoms with Crippen LogP contribution < -0.4 is 4.72 Å². The maximum Gasteiger partial charge on any atom is 0.310 e. The molecular weight excluding hydrogens is 256 g/mol.